The molecule has 0 spiro atoms. The fourth-order valence-electron chi connectivity index (χ4n) is 1.60. The van der Waals surface area contributed by atoms with Gasteiger partial charge in [-0.3, -0.25) is 4.68 Å². The van der Waals surface area contributed by atoms with E-state index in [-0.39, 0.29) is 0 Å². The van der Waals surface area contributed by atoms with Gasteiger partial charge in [0.15, 0.2) is 0 Å². The zero-order chi connectivity index (χ0) is 10.3. The van der Waals surface area contributed by atoms with Gasteiger partial charge in [0.25, 0.3) is 0 Å². The van der Waals surface area contributed by atoms with Crippen molar-refractivity contribution in [3.63, 3.8) is 0 Å². The molecule has 1 aromatic heterocycles. The van der Waals surface area contributed by atoms with Crippen LogP contribution in [0.25, 0.3) is 10.9 Å². The zero-order valence-corrected chi connectivity index (χ0v) is 10.7. The molecule has 0 radical (unpaired) electrons. The summed E-state index contributed by atoms with van der Waals surface area (Å²) >= 11 is 2.29. The number of benzene rings is 1. The fraction of sp³-hybridized carbons (Fsp3) is 0.364. The average molecular weight is 300 g/mol. The van der Waals surface area contributed by atoms with Gasteiger partial charge < -0.3 is 0 Å². The third-order valence-corrected chi connectivity index (χ3v) is 3.29. The van der Waals surface area contributed by atoms with Crippen molar-refractivity contribution in [3.05, 3.63) is 27.5 Å². The lowest BCUT2D eigenvalue weighted by Crippen LogP contribution is -1.90. The Morgan fingerprint density at radius 2 is 2.07 bits per heavy atom. The van der Waals surface area contributed by atoms with Crippen LogP contribution in [0.3, 0.4) is 0 Å². The number of hydrogen-bond acceptors (Lipinski definition) is 1. The number of aromatic nitrogens is 2. The fourth-order valence-corrected chi connectivity index (χ4v) is 2.36. The molecule has 0 saturated heterocycles. The summed E-state index contributed by atoms with van der Waals surface area (Å²) in [5, 5.41) is 5.66. The van der Waals surface area contributed by atoms with E-state index in [1.54, 1.807) is 0 Å². The summed E-state index contributed by atoms with van der Waals surface area (Å²) in [6, 6.07) is 6.58. The van der Waals surface area contributed by atoms with E-state index in [0.29, 0.717) is 5.92 Å². The Hall–Kier alpha value is -0.580. The summed E-state index contributed by atoms with van der Waals surface area (Å²) in [6.07, 6.45) is 0. The summed E-state index contributed by atoms with van der Waals surface area (Å²) in [5.41, 5.74) is 2.59. The first-order valence-electron chi connectivity index (χ1n) is 4.71. The monoisotopic (exact) mass is 300 g/mol. The molecule has 74 valence electrons. The van der Waals surface area contributed by atoms with Crippen LogP contribution >= 0.6 is 22.6 Å². The van der Waals surface area contributed by atoms with Gasteiger partial charge in [-0.2, -0.15) is 5.10 Å². The van der Waals surface area contributed by atoms with Crippen LogP contribution in [-0.2, 0) is 7.05 Å². The second-order valence-electron chi connectivity index (χ2n) is 3.85. The van der Waals surface area contributed by atoms with Crippen LogP contribution < -0.4 is 0 Å². The summed E-state index contributed by atoms with van der Waals surface area (Å²) in [4.78, 5) is 0. The van der Waals surface area contributed by atoms with Crippen molar-refractivity contribution in [1.82, 2.24) is 9.78 Å². The lowest BCUT2D eigenvalue weighted by Gasteiger charge is -2.04. The lowest BCUT2D eigenvalue weighted by molar-refractivity contribution is 0.787. The van der Waals surface area contributed by atoms with Crippen LogP contribution in [0.4, 0.5) is 0 Å². The van der Waals surface area contributed by atoms with E-state index in [1.165, 1.54) is 16.5 Å². The van der Waals surface area contributed by atoms with Crippen LogP contribution in [0, 0.1) is 3.70 Å². The first kappa shape index (κ1) is 9.96. The molecule has 0 N–H and O–H groups in total. The van der Waals surface area contributed by atoms with Crippen molar-refractivity contribution in [3.8, 4) is 0 Å². The maximum atomic E-state index is 4.39. The Morgan fingerprint density at radius 3 is 2.71 bits per heavy atom. The molecule has 0 fully saturated rings. The molecule has 1 aromatic carbocycles. The lowest BCUT2D eigenvalue weighted by atomic mass is 10.0. The molecular formula is C11H13IN2. The summed E-state index contributed by atoms with van der Waals surface area (Å²) in [6.45, 7) is 4.43. The van der Waals surface area contributed by atoms with Crippen LogP contribution in [0.1, 0.15) is 25.3 Å². The Labute approximate surface area is 97.4 Å². The van der Waals surface area contributed by atoms with Gasteiger partial charge in [0.05, 0.1) is 5.52 Å². The highest BCUT2D eigenvalue weighted by Crippen LogP contribution is 2.24. The number of halogens is 1. The number of aryl methyl sites for hydroxylation is 1. The van der Waals surface area contributed by atoms with E-state index in [9.17, 15) is 0 Å². The molecule has 0 saturated carbocycles. The second kappa shape index (κ2) is 3.53. The van der Waals surface area contributed by atoms with Gasteiger partial charge in [0.1, 0.15) is 3.70 Å². The van der Waals surface area contributed by atoms with Crippen LogP contribution in [0.5, 0.6) is 0 Å². The van der Waals surface area contributed by atoms with Crippen LogP contribution in [-0.4, -0.2) is 9.78 Å². The van der Waals surface area contributed by atoms with Crippen molar-refractivity contribution < 1.29 is 0 Å². The molecule has 3 heteroatoms. The number of hydrogen-bond donors (Lipinski definition) is 0. The van der Waals surface area contributed by atoms with Crippen LogP contribution in [0.15, 0.2) is 18.2 Å². The van der Waals surface area contributed by atoms with Gasteiger partial charge >= 0.3 is 0 Å². The van der Waals surface area contributed by atoms with E-state index >= 15 is 0 Å². The highest BCUT2D eigenvalue weighted by molar-refractivity contribution is 14.1. The summed E-state index contributed by atoms with van der Waals surface area (Å²) in [5.74, 6) is 0.579. The predicted molar refractivity (Wildman–Crippen MR) is 67.5 cm³/mol. The highest BCUT2D eigenvalue weighted by atomic mass is 127. The smallest absolute Gasteiger partial charge is 0.131 e. The molecule has 0 aliphatic heterocycles. The third kappa shape index (κ3) is 1.54. The molecule has 1 heterocycles. The van der Waals surface area contributed by atoms with Crippen molar-refractivity contribution in [2.45, 2.75) is 19.8 Å². The molecule has 0 atom stereocenters. The predicted octanol–water partition coefficient (Wildman–Crippen LogP) is 3.30. The number of rotatable bonds is 1. The average Bonchev–Trinajstić information content (AvgIpc) is 2.42. The quantitative estimate of drug-likeness (QED) is 0.739. The normalized spacial score (nSPS) is 11.5. The molecule has 14 heavy (non-hydrogen) atoms. The summed E-state index contributed by atoms with van der Waals surface area (Å²) < 4.78 is 3.02. The molecular weight excluding hydrogens is 287 g/mol. The Balaban J connectivity index is 2.71. The third-order valence-electron chi connectivity index (χ3n) is 2.50. The van der Waals surface area contributed by atoms with Crippen molar-refractivity contribution in [2.75, 3.05) is 0 Å². The first-order chi connectivity index (χ1) is 6.59. The van der Waals surface area contributed by atoms with Gasteiger partial charge in [0.2, 0.25) is 0 Å². The minimum Gasteiger partial charge on any atom is -0.267 e. The van der Waals surface area contributed by atoms with E-state index in [4.69, 9.17) is 0 Å². The molecule has 2 aromatic rings. The van der Waals surface area contributed by atoms with Gasteiger partial charge in [-0.25, -0.2) is 0 Å². The van der Waals surface area contributed by atoms with Crippen molar-refractivity contribution in [2.24, 2.45) is 7.05 Å². The SMILES string of the molecule is CC(C)c1ccc2c(c1)c(I)nn2C. The zero-order valence-electron chi connectivity index (χ0n) is 8.58. The molecule has 0 aliphatic rings. The molecule has 2 rings (SSSR count). The van der Waals surface area contributed by atoms with E-state index < -0.39 is 0 Å². The standard InChI is InChI=1S/C11H13IN2/c1-7(2)8-4-5-10-9(6-8)11(12)13-14(10)3/h4-7H,1-3H3. The molecule has 2 nitrogen and oxygen atoms in total. The maximum absolute atomic E-state index is 4.39. The number of fused-ring (bicyclic) bond motifs is 1. The highest BCUT2D eigenvalue weighted by Gasteiger charge is 2.07. The summed E-state index contributed by atoms with van der Waals surface area (Å²) in [7, 11) is 1.99. The topological polar surface area (TPSA) is 17.8 Å². The molecule has 0 amide bonds. The largest absolute Gasteiger partial charge is 0.267 e. The molecule has 0 bridgehead atoms. The first-order valence-corrected chi connectivity index (χ1v) is 5.79. The van der Waals surface area contributed by atoms with Gasteiger partial charge in [0, 0.05) is 12.4 Å². The molecule has 0 unspecified atom stereocenters. The van der Waals surface area contributed by atoms with Gasteiger partial charge in [-0.15, -0.1) is 0 Å². The van der Waals surface area contributed by atoms with Crippen molar-refractivity contribution in [1.29, 1.82) is 0 Å². The second-order valence-corrected chi connectivity index (χ2v) is 4.87. The minimum atomic E-state index is 0.579. The van der Waals surface area contributed by atoms with Crippen molar-refractivity contribution >= 4 is 33.5 Å². The maximum Gasteiger partial charge on any atom is 0.131 e. The van der Waals surface area contributed by atoms with Crippen LogP contribution in [0.2, 0.25) is 0 Å². The Bertz CT molecular complexity index is 471. The van der Waals surface area contributed by atoms with Gasteiger partial charge in [-0.05, 0) is 46.2 Å². The number of nitrogens with zero attached hydrogens (tertiary/aromatic N) is 2. The van der Waals surface area contributed by atoms with E-state index in [1.807, 2.05) is 11.7 Å². The van der Waals surface area contributed by atoms with E-state index in [2.05, 4.69) is 59.7 Å². The Morgan fingerprint density at radius 1 is 1.36 bits per heavy atom. The molecule has 0 aliphatic carbocycles. The Kier molecular flexibility index (Phi) is 2.51. The minimum absolute atomic E-state index is 0.579. The van der Waals surface area contributed by atoms with E-state index in [0.717, 1.165) is 3.70 Å². The van der Waals surface area contributed by atoms with Gasteiger partial charge in [-0.1, -0.05) is 19.9 Å².